The molecular formula is C20H16O6. The van der Waals surface area contributed by atoms with Crippen molar-refractivity contribution in [2.45, 2.75) is 6.92 Å². The first-order valence-electron chi connectivity index (χ1n) is 7.67. The van der Waals surface area contributed by atoms with Gasteiger partial charge < -0.3 is 24.8 Å². The van der Waals surface area contributed by atoms with E-state index in [2.05, 4.69) is 6.58 Å². The zero-order chi connectivity index (χ0) is 19.0. The van der Waals surface area contributed by atoms with Gasteiger partial charge in [0.15, 0.2) is 11.3 Å². The minimum absolute atomic E-state index is 0.0109. The second-order valence-electron chi connectivity index (χ2n) is 5.87. The molecule has 26 heavy (non-hydrogen) atoms. The number of hydrogen-bond donors (Lipinski definition) is 4. The number of aromatic hydroxyl groups is 4. The quantitative estimate of drug-likeness (QED) is 0.533. The summed E-state index contributed by atoms with van der Waals surface area (Å²) >= 11 is 0. The van der Waals surface area contributed by atoms with Gasteiger partial charge in [0, 0.05) is 11.6 Å². The molecule has 3 rings (SSSR count). The van der Waals surface area contributed by atoms with Crippen LogP contribution in [0.4, 0.5) is 0 Å². The molecule has 3 aromatic rings. The summed E-state index contributed by atoms with van der Waals surface area (Å²) < 4.78 is 5.69. The Morgan fingerprint density at radius 2 is 1.73 bits per heavy atom. The van der Waals surface area contributed by atoms with Crippen molar-refractivity contribution in [3.8, 4) is 34.3 Å². The van der Waals surface area contributed by atoms with E-state index in [0.29, 0.717) is 11.1 Å². The van der Waals surface area contributed by atoms with E-state index in [-0.39, 0.29) is 33.8 Å². The topological polar surface area (TPSA) is 111 Å². The van der Waals surface area contributed by atoms with Gasteiger partial charge in [-0.15, -0.1) is 0 Å². The Hall–Kier alpha value is -3.67. The van der Waals surface area contributed by atoms with Gasteiger partial charge in [-0.2, -0.15) is 0 Å². The molecule has 6 heteroatoms. The molecule has 1 aromatic heterocycles. The van der Waals surface area contributed by atoms with Crippen LogP contribution in [0.25, 0.3) is 28.4 Å². The van der Waals surface area contributed by atoms with Crippen molar-refractivity contribution in [3.05, 3.63) is 64.3 Å². The van der Waals surface area contributed by atoms with Gasteiger partial charge in [0.25, 0.3) is 0 Å². The summed E-state index contributed by atoms with van der Waals surface area (Å²) in [6.07, 6.45) is 3.11. The van der Waals surface area contributed by atoms with Gasteiger partial charge in [0.05, 0.1) is 5.56 Å². The second-order valence-corrected chi connectivity index (χ2v) is 5.87. The first-order valence-corrected chi connectivity index (χ1v) is 7.67. The highest BCUT2D eigenvalue weighted by molar-refractivity contribution is 5.95. The predicted molar refractivity (Wildman–Crippen MR) is 98.4 cm³/mol. The lowest BCUT2D eigenvalue weighted by atomic mass is 10.0. The maximum atomic E-state index is 12.6. The summed E-state index contributed by atoms with van der Waals surface area (Å²) in [4.78, 5) is 12.6. The Morgan fingerprint density at radius 3 is 2.35 bits per heavy atom. The van der Waals surface area contributed by atoms with Crippen LogP contribution in [0.5, 0.6) is 23.0 Å². The number of phenolic OH excluding ortho intramolecular Hbond substituents is 3. The van der Waals surface area contributed by atoms with Crippen LogP contribution in [0.1, 0.15) is 12.5 Å². The van der Waals surface area contributed by atoms with Crippen LogP contribution in [0.3, 0.4) is 0 Å². The minimum atomic E-state index is -0.836. The van der Waals surface area contributed by atoms with E-state index in [1.807, 2.05) is 0 Å². The highest BCUT2D eigenvalue weighted by Gasteiger charge is 2.21. The molecule has 0 aliphatic carbocycles. The molecule has 2 aromatic carbocycles. The lowest BCUT2D eigenvalue weighted by molar-refractivity contribution is 0.437. The standard InChI is InChI=1S/C20H16O6/c1-10(2)3-8-13-14(22)9-15(23)16-17(24)18(25)19(26-20(13)16)11-4-6-12(21)7-5-11/h3-9,21-23,25H,1H2,2H3/b8-3+. The van der Waals surface area contributed by atoms with Crippen molar-refractivity contribution in [3.63, 3.8) is 0 Å². The Labute approximate surface area is 148 Å². The lowest BCUT2D eigenvalue weighted by Gasteiger charge is -2.10. The fourth-order valence-electron chi connectivity index (χ4n) is 2.54. The average Bonchev–Trinajstić information content (AvgIpc) is 2.57. The molecule has 0 atom stereocenters. The van der Waals surface area contributed by atoms with Crippen molar-refractivity contribution < 1.29 is 24.8 Å². The van der Waals surface area contributed by atoms with Gasteiger partial charge in [-0.3, -0.25) is 4.79 Å². The first-order chi connectivity index (χ1) is 12.3. The molecule has 0 bridgehead atoms. The van der Waals surface area contributed by atoms with Crippen LogP contribution in [0.2, 0.25) is 0 Å². The van der Waals surface area contributed by atoms with E-state index in [1.165, 1.54) is 30.3 Å². The molecule has 6 nitrogen and oxygen atoms in total. The summed E-state index contributed by atoms with van der Waals surface area (Å²) in [5.41, 5.74) is 0.295. The van der Waals surface area contributed by atoms with E-state index in [1.54, 1.807) is 13.0 Å². The van der Waals surface area contributed by atoms with Crippen LogP contribution in [0, 0.1) is 0 Å². The molecule has 0 aliphatic heterocycles. The van der Waals surface area contributed by atoms with Crippen molar-refractivity contribution in [1.29, 1.82) is 0 Å². The van der Waals surface area contributed by atoms with Crippen molar-refractivity contribution in [2.24, 2.45) is 0 Å². The molecule has 0 amide bonds. The molecule has 132 valence electrons. The number of rotatable bonds is 3. The number of benzene rings is 2. The Bertz CT molecular complexity index is 1100. The molecule has 4 N–H and O–H groups in total. The van der Waals surface area contributed by atoms with E-state index in [0.717, 1.165) is 6.07 Å². The molecule has 1 heterocycles. The van der Waals surface area contributed by atoms with Gasteiger partial charge in [-0.05, 0) is 37.3 Å². The summed E-state index contributed by atoms with van der Waals surface area (Å²) in [7, 11) is 0. The molecule has 0 unspecified atom stereocenters. The van der Waals surface area contributed by atoms with E-state index in [4.69, 9.17) is 4.42 Å². The Morgan fingerprint density at radius 1 is 1.08 bits per heavy atom. The normalized spacial score (nSPS) is 11.3. The molecule has 0 saturated carbocycles. The summed E-state index contributed by atoms with van der Waals surface area (Å²) in [5, 5.41) is 39.6. The maximum Gasteiger partial charge on any atom is 0.238 e. The minimum Gasteiger partial charge on any atom is -0.508 e. The van der Waals surface area contributed by atoms with Gasteiger partial charge in [0.2, 0.25) is 11.2 Å². The molecule has 0 radical (unpaired) electrons. The van der Waals surface area contributed by atoms with E-state index >= 15 is 0 Å². The van der Waals surface area contributed by atoms with Crippen LogP contribution in [0.15, 0.2) is 57.8 Å². The van der Waals surface area contributed by atoms with Crippen molar-refractivity contribution in [2.75, 3.05) is 0 Å². The fraction of sp³-hybridized carbons (Fsp3) is 0.0500. The van der Waals surface area contributed by atoms with Crippen molar-refractivity contribution >= 4 is 17.0 Å². The number of phenols is 3. The number of hydrogen-bond acceptors (Lipinski definition) is 6. The molecule has 0 spiro atoms. The van der Waals surface area contributed by atoms with Crippen LogP contribution in [-0.4, -0.2) is 20.4 Å². The Kier molecular flexibility index (Phi) is 4.18. The first kappa shape index (κ1) is 17.2. The van der Waals surface area contributed by atoms with Crippen molar-refractivity contribution in [1.82, 2.24) is 0 Å². The number of fused-ring (bicyclic) bond motifs is 1. The third-order valence-electron chi connectivity index (χ3n) is 3.80. The average molecular weight is 352 g/mol. The SMILES string of the molecule is C=C(C)/C=C/c1c(O)cc(O)c2c(=O)c(O)c(-c3ccc(O)cc3)oc12. The lowest BCUT2D eigenvalue weighted by Crippen LogP contribution is -2.04. The van der Waals surface area contributed by atoms with E-state index < -0.39 is 16.9 Å². The Balaban J connectivity index is 2.41. The summed E-state index contributed by atoms with van der Waals surface area (Å²) in [5.74, 6) is -1.61. The highest BCUT2D eigenvalue weighted by Crippen LogP contribution is 2.39. The third-order valence-corrected chi connectivity index (χ3v) is 3.80. The predicted octanol–water partition coefficient (Wildman–Crippen LogP) is 3.87. The fourth-order valence-corrected chi connectivity index (χ4v) is 2.54. The second kappa shape index (κ2) is 6.33. The van der Waals surface area contributed by atoms with Crippen LogP contribution >= 0.6 is 0 Å². The third kappa shape index (κ3) is 2.88. The van der Waals surface area contributed by atoms with Gasteiger partial charge in [-0.1, -0.05) is 18.2 Å². The zero-order valence-corrected chi connectivity index (χ0v) is 13.9. The smallest absolute Gasteiger partial charge is 0.238 e. The maximum absolute atomic E-state index is 12.6. The molecule has 0 saturated heterocycles. The number of allylic oxidation sites excluding steroid dienone is 2. The van der Waals surface area contributed by atoms with Crippen LogP contribution in [-0.2, 0) is 0 Å². The molecular weight excluding hydrogens is 336 g/mol. The largest absolute Gasteiger partial charge is 0.508 e. The van der Waals surface area contributed by atoms with E-state index in [9.17, 15) is 25.2 Å². The van der Waals surface area contributed by atoms with Crippen LogP contribution < -0.4 is 5.43 Å². The summed E-state index contributed by atoms with van der Waals surface area (Å²) in [6.45, 7) is 5.48. The monoisotopic (exact) mass is 352 g/mol. The molecule has 0 fully saturated rings. The molecule has 0 aliphatic rings. The van der Waals surface area contributed by atoms with Gasteiger partial charge in [0.1, 0.15) is 22.6 Å². The van der Waals surface area contributed by atoms with Gasteiger partial charge in [-0.25, -0.2) is 0 Å². The highest BCUT2D eigenvalue weighted by atomic mass is 16.4. The van der Waals surface area contributed by atoms with Gasteiger partial charge >= 0.3 is 0 Å². The summed E-state index contributed by atoms with van der Waals surface area (Å²) in [6, 6.07) is 6.69. The zero-order valence-electron chi connectivity index (χ0n) is 13.9.